The average Bonchev–Trinajstić information content (AvgIpc) is 3.75. The first-order valence-electron chi connectivity index (χ1n) is 13.8. The van der Waals surface area contributed by atoms with Crippen LogP contribution in [0.1, 0.15) is 51.1 Å². The third kappa shape index (κ3) is 7.99. The lowest BCUT2D eigenvalue weighted by atomic mass is 9.93. The largest absolute Gasteiger partial charge is 0.466 e. The van der Waals surface area contributed by atoms with Crippen LogP contribution in [-0.2, 0) is 23.9 Å². The predicted molar refractivity (Wildman–Crippen MR) is 147 cm³/mol. The molecule has 0 radical (unpaired) electrons. The Morgan fingerprint density at radius 1 is 1.13 bits per heavy atom. The summed E-state index contributed by atoms with van der Waals surface area (Å²) in [7, 11) is 0. The molecule has 39 heavy (non-hydrogen) atoms. The Morgan fingerprint density at radius 2 is 1.90 bits per heavy atom. The molecule has 4 rings (SSSR count). The van der Waals surface area contributed by atoms with Gasteiger partial charge >= 0.3 is 5.97 Å². The van der Waals surface area contributed by atoms with Crippen LogP contribution in [0.3, 0.4) is 0 Å². The Labute approximate surface area is 233 Å². The first-order valence-corrected chi connectivity index (χ1v) is 14.7. The van der Waals surface area contributed by atoms with Gasteiger partial charge in [-0.25, -0.2) is 4.39 Å². The molecule has 1 aromatic rings. The highest BCUT2D eigenvalue weighted by Crippen LogP contribution is 2.40. The number of Topliss-reactive ketones (excluding diaryl/α,β-unsaturated/α-hetero) is 1. The van der Waals surface area contributed by atoms with E-state index in [0.717, 1.165) is 18.4 Å². The standard InChI is InChI=1S/C29H38FN3O5S/c1-3-38-27(36)12-15-32-17-16-31(19-26(32)35)13-10-22-18-33(14-11-25(22)39-20(2)34)28(29(37)21-8-9-21)23-6-4-5-7-24(23)30/h4-7,10,21,25,28H,3,8-9,11-19H2,1-2H3. The highest BCUT2D eigenvalue weighted by Gasteiger charge is 2.41. The zero-order chi connectivity index (χ0) is 27.9. The van der Waals surface area contributed by atoms with Crippen molar-refractivity contribution < 1.29 is 28.3 Å². The van der Waals surface area contributed by atoms with Crippen LogP contribution in [-0.4, -0.2) is 95.1 Å². The molecule has 0 aromatic heterocycles. The summed E-state index contributed by atoms with van der Waals surface area (Å²) in [6, 6.07) is 5.86. The SMILES string of the molecule is CCOC(=O)CCN1CCN(CC=C2CN(C(C(=O)C3CC3)c3ccccc3F)CCC2SC(C)=O)CC1=O. The number of likely N-dealkylation sites (tertiary alicyclic amines) is 1. The first kappa shape index (κ1) is 29.4. The first-order chi connectivity index (χ1) is 18.8. The van der Waals surface area contributed by atoms with Gasteiger partial charge in [0.25, 0.3) is 0 Å². The number of amides is 1. The highest BCUT2D eigenvalue weighted by atomic mass is 32.2. The third-order valence-electron chi connectivity index (χ3n) is 7.50. The van der Waals surface area contributed by atoms with Gasteiger partial charge in [-0.15, -0.1) is 0 Å². The third-order valence-corrected chi connectivity index (χ3v) is 8.66. The normalized spacial score (nSPS) is 22.6. The molecule has 2 heterocycles. The molecule has 3 fully saturated rings. The van der Waals surface area contributed by atoms with Gasteiger partial charge in [-0.3, -0.25) is 29.0 Å². The molecule has 212 valence electrons. The van der Waals surface area contributed by atoms with E-state index in [4.69, 9.17) is 4.74 Å². The zero-order valence-corrected chi connectivity index (χ0v) is 23.6. The summed E-state index contributed by atoms with van der Waals surface area (Å²) >= 11 is 1.29. The minimum atomic E-state index is -0.644. The molecule has 1 aromatic carbocycles. The van der Waals surface area contributed by atoms with Gasteiger partial charge in [0.15, 0.2) is 10.9 Å². The summed E-state index contributed by atoms with van der Waals surface area (Å²) in [6.07, 6.45) is 4.64. The number of hydrogen-bond donors (Lipinski definition) is 0. The van der Waals surface area contributed by atoms with Crippen LogP contribution in [0.25, 0.3) is 0 Å². The molecule has 8 nitrogen and oxygen atoms in total. The topological polar surface area (TPSA) is 87.2 Å². The molecule has 1 amide bonds. The fraction of sp³-hybridized carbons (Fsp3) is 0.586. The van der Waals surface area contributed by atoms with Gasteiger partial charge in [-0.05, 0) is 37.8 Å². The van der Waals surface area contributed by atoms with Gasteiger partial charge in [0.05, 0.1) is 25.6 Å². The van der Waals surface area contributed by atoms with Crippen LogP contribution in [0.4, 0.5) is 4.39 Å². The van der Waals surface area contributed by atoms with E-state index >= 15 is 0 Å². The Hall–Kier alpha value is -2.56. The van der Waals surface area contributed by atoms with E-state index in [1.807, 2.05) is 4.90 Å². The van der Waals surface area contributed by atoms with Crippen molar-refractivity contribution in [2.24, 2.45) is 5.92 Å². The van der Waals surface area contributed by atoms with Crippen LogP contribution >= 0.6 is 11.8 Å². The second-order valence-electron chi connectivity index (χ2n) is 10.4. The van der Waals surface area contributed by atoms with Crippen LogP contribution in [0, 0.1) is 11.7 Å². The van der Waals surface area contributed by atoms with Crippen molar-refractivity contribution in [3.63, 3.8) is 0 Å². The fourth-order valence-corrected chi connectivity index (χ4v) is 6.25. The van der Waals surface area contributed by atoms with Crippen molar-refractivity contribution in [1.29, 1.82) is 0 Å². The molecule has 2 atom stereocenters. The van der Waals surface area contributed by atoms with E-state index < -0.39 is 6.04 Å². The molecule has 1 aliphatic carbocycles. The van der Waals surface area contributed by atoms with Crippen molar-refractivity contribution in [2.45, 2.75) is 50.8 Å². The summed E-state index contributed by atoms with van der Waals surface area (Å²) in [5.74, 6) is -0.651. The van der Waals surface area contributed by atoms with Crippen LogP contribution in [0.5, 0.6) is 0 Å². The van der Waals surface area contributed by atoms with Gasteiger partial charge in [0.1, 0.15) is 5.82 Å². The van der Waals surface area contributed by atoms with Gasteiger partial charge in [0.2, 0.25) is 5.91 Å². The maximum absolute atomic E-state index is 14.9. The molecule has 2 unspecified atom stereocenters. The number of esters is 1. The average molecular weight is 560 g/mol. The number of ether oxygens (including phenoxy) is 1. The maximum Gasteiger partial charge on any atom is 0.307 e. The molecule has 2 aliphatic heterocycles. The summed E-state index contributed by atoms with van der Waals surface area (Å²) in [5.41, 5.74) is 1.44. The van der Waals surface area contributed by atoms with Crippen molar-refractivity contribution in [2.75, 3.05) is 52.4 Å². The zero-order valence-electron chi connectivity index (χ0n) is 22.8. The minimum Gasteiger partial charge on any atom is -0.466 e. The number of rotatable bonds is 11. The Balaban J connectivity index is 1.44. The van der Waals surface area contributed by atoms with Crippen molar-refractivity contribution >= 4 is 34.5 Å². The number of benzene rings is 1. The van der Waals surface area contributed by atoms with E-state index in [2.05, 4.69) is 11.0 Å². The van der Waals surface area contributed by atoms with Crippen molar-refractivity contribution in [3.8, 4) is 0 Å². The molecule has 0 N–H and O–H groups in total. The maximum atomic E-state index is 14.9. The smallest absolute Gasteiger partial charge is 0.307 e. The number of hydrogen-bond acceptors (Lipinski definition) is 8. The molecular weight excluding hydrogens is 521 g/mol. The lowest BCUT2D eigenvalue weighted by Crippen LogP contribution is -2.51. The number of carbonyl (C=O) groups excluding carboxylic acids is 4. The minimum absolute atomic E-state index is 0.0161. The molecule has 3 aliphatic rings. The van der Waals surface area contributed by atoms with Gasteiger partial charge < -0.3 is 9.64 Å². The second-order valence-corrected chi connectivity index (χ2v) is 11.8. The quantitative estimate of drug-likeness (QED) is 0.302. The number of ketones is 1. The number of halogens is 1. The van der Waals surface area contributed by atoms with E-state index in [1.165, 1.54) is 17.8 Å². The molecule has 1 saturated carbocycles. The van der Waals surface area contributed by atoms with Gasteiger partial charge in [-0.2, -0.15) is 0 Å². The van der Waals surface area contributed by atoms with E-state index in [-0.39, 0.29) is 52.7 Å². The number of nitrogens with zero attached hydrogens (tertiary/aromatic N) is 3. The van der Waals surface area contributed by atoms with E-state index in [9.17, 15) is 23.6 Å². The summed E-state index contributed by atoms with van der Waals surface area (Å²) in [4.78, 5) is 55.5. The molecule has 2 saturated heterocycles. The molecule has 0 bridgehead atoms. The van der Waals surface area contributed by atoms with Crippen LogP contribution < -0.4 is 0 Å². The Kier molecular flexibility index (Phi) is 10.3. The van der Waals surface area contributed by atoms with Gasteiger partial charge in [-0.1, -0.05) is 36.0 Å². The van der Waals surface area contributed by atoms with Crippen LogP contribution in [0.15, 0.2) is 35.9 Å². The van der Waals surface area contributed by atoms with Crippen molar-refractivity contribution in [3.05, 3.63) is 47.3 Å². The molecule has 10 heteroatoms. The highest BCUT2D eigenvalue weighted by molar-refractivity contribution is 8.14. The summed E-state index contributed by atoms with van der Waals surface area (Å²) in [6.45, 7) is 7.04. The number of thioether (sulfide) groups is 1. The number of piperidine rings is 1. The Bertz CT molecular complexity index is 1110. The lowest BCUT2D eigenvalue weighted by Gasteiger charge is -2.39. The summed E-state index contributed by atoms with van der Waals surface area (Å²) in [5, 5.41) is 0.0158. The Morgan fingerprint density at radius 3 is 2.56 bits per heavy atom. The van der Waals surface area contributed by atoms with Crippen molar-refractivity contribution in [1.82, 2.24) is 14.7 Å². The van der Waals surface area contributed by atoms with E-state index in [1.54, 1.807) is 36.9 Å². The number of piperazine rings is 1. The van der Waals surface area contributed by atoms with Gasteiger partial charge in [0, 0.05) is 62.9 Å². The predicted octanol–water partition coefficient (Wildman–Crippen LogP) is 3.22. The van der Waals surface area contributed by atoms with Crippen LogP contribution in [0.2, 0.25) is 0 Å². The second kappa shape index (κ2) is 13.7. The summed E-state index contributed by atoms with van der Waals surface area (Å²) < 4.78 is 19.8. The lowest BCUT2D eigenvalue weighted by molar-refractivity contribution is -0.144. The number of carbonyl (C=O) groups is 4. The van der Waals surface area contributed by atoms with E-state index in [0.29, 0.717) is 57.9 Å². The monoisotopic (exact) mass is 559 g/mol. The molecular formula is C29H38FN3O5S. The fourth-order valence-electron chi connectivity index (χ4n) is 5.31. The molecule has 0 spiro atoms.